The van der Waals surface area contributed by atoms with E-state index in [-0.39, 0.29) is 12.6 Å². The fourth-order valence-corrected chi connectivity index (χ4v) is 6.13. The number of hydrogen-bond donors (Lipinski definition) is 1. The highest BCUT2D eigenvalue weighted by Gasteiger charge is 2.52. The fourth-order valence-electron chi connectivity index (χ4n) is 6.13. The van der Waals surface area contributed by atoms with Gasteiger partial charge in [0.2, 0.25) is 5.75 Å². The molecule has 0 bridgehead atoms. The molecular weight excluding hydrogens is 548 g/mol. The smallest absolute Gasteiger partial charge is 0.310 e. The van der Waals surface area contributed by atoms with Crippen molar-refractivity contribution in [2.45, 2.75) is 25.2 Å². The molecule has 1 fully saturated rings. The van der Waals surface area contributed by atoms with Crippen molar-refractivity contribution in [2.24, 2.45) is 11.8 Å². The molecule has 0 aromatic heterocycles. The van der Waals surface area contributed by atoms with Crippen LogP contribution in [0.4, 0.5) is 0 Å². The number of aliphatic hydroxyl groups is 1. The number of fused-ring (bicyclic) bond motifs is 2. The lowest BCUT2D eigenvalue weighted by atomic mass is 9.66. The highest BCUT2D eigenvalue weighted by Crippen LogP contribution is 2.55. The van der Waals surface area contributed by atoms with Gasteiger partial charge in [0.25, 0.3) is 0 Å². The van der Waals surface area contributed by atoms with Crippen molar-refractivity contribution in [1.82, 2.24) is 0 Å². The Hall–Kier alpha value is -4.69. The lowest BCUT2D eigenvalue weighted by Gasteiger charge is -2.37. The lowest BCUT2D eigenvalue weighted by Crippen LogP contribution is -2.34. The molecule has 4 atom stereocenters. The van der Waals surface area contributed by atoms with Crippen molar-refractivity contribution in [3.63, 3.8) is 0 Å². The van der Waals surface area contributed by atoms with Crippen molar-refractivity contribution >= 4 is 5.97 Å². The van der Waals surface area contributed by atoms with E-state index in [1.807, 2.05) is 84.9 Å². The third-order valence-corrected chi connectivity index (χ3v) is 8.24. The molecule has 8 heteroatoms. The minimum Gasteiger partial charge on any atom is -0.493 e. The van der Waals surface area contributed by atoms with E-state index in [4.69, 9.17) is 28.4 Å². The molecule has 1 saturated heterocycles. The van der Waals surface area contributed by atoms with Gasteiger partial charge in [0.05, 0.1) is 40.0 Å². The molecule has 1 heterocycles. The molecule has 43 heavy (non-hydrogen) atoms. The van der Waals surface area contributed by atoms with Crippen LogP contribution in [-0.2, 0) is 22.7 Å². The Balaban J connectivity index is 1.49. The molecule has 0 saturated carbocycles. The van der Waals surface area contributed by atoms with Crippen LogP contribution in [0.3, 0.4) is 0 Å². The number of benzene rings is 4. The van der Waals surface area contributed by atoms with Crippen molar-refractivity contribution < 1.29 is 38.3 Å². The summed E-state index contributed by atoms with van der Waals surface area (Å²) in [7, 11) is 4.65. The molecule has 6 rings (SSSR count). The highest BCUT2D eigenvalue weighted by atomic mass is 16.5. The first-order valence-electron chi connectivity index (χ1n) is 14.2. The fraction of sp³-hybridized carbons (Fsp3) is 0.286. The number of aliphatic hydroxyl groups excluding tert-OH is 1. The average Bonchev–Trinajstić information content (AvgIpc) is 3.44. The maximum Gasteiger partial charge on any atom is 0.310 e. The first-order chi connectivity index (χ1) is 21.0. The van der Waals surface area contributed by atoms with Crippen LogP contribution < -0.4 is 23.7 Å². The van der Waals surface area contributed by atoms with Crippen LogP contribution in [0.15, 0.2) is 84.9 Å². The van der Waals surface area contributed by atoms with Crippen molar-refractivity contribution in [3.05, 3.63) is 113 Å². The number of carbonyl (C=O) groups excluding carboxylic acids is 1. The quantitative estimate of drug-likeness (QED) is 0.233. The van der Waals surface area contributed by atoms with Gasteiger partial charge in [-0.25, -0.2) is 0 Å². The molecule has 1 aliphatic carbocycles. The standard InChI is InChI=1S/C35H34O8/c1-38-29-14-23(15-30(39-2)34(29)40-3)31-24-16-27(41-18-21-10-6-4-7-11-21)28(42-19-22-12-8-5-9-13-22)17-25(24)33(36)26-20-43-35(37)32(26)31/h4-17,26,31-33,36H,18-20H2,1-3H3/t26-,31+,32-,33-/m0/s1. The molecule has 4 aromatic rings. The predicted molar refractivity (Wildman–Crippen MR) is 159 cm³/mol. The first-order valence-corrected chi connectivity index (χ1v) is 14.2. The van der Waals surface area contributed by atoms with Crippen LogP contribution in [0.5, 0.6) is 28.7 Å². The molecule has 0 radical (unpaired) electrons. The van der Waals surface area contributed by atoms with Crippen LogP contribution >= 0.6 is 0 Å². The average molecular weight is 583 g/mol. The molecule has 0 amide bonds. The molecule has 0 unspecified atom stereocenters. The van der Waals surface area contributed by atoms with E-state index in [0.29, 0.717) is 47.5 Å². The zero-order valence-electron chi connectivity index (χ0n) is 24.3. The van der Waals surface area contributed by atoms with Gasteiger partial charge in [-0.1, -0.05) is 60.7 Å². The minimum absolute atomic E-state index is 0.123. The summed E-state index contributed by atoms with van der Waals surface area (Å²) >= 11 is 0. The zero-order valence-corrected chi connectivity index (χ0v) is 24.3. The number of esters is 1. The van der Waals surface area contributed by atoms with E-state index in [2.05, 4.69) is 0 Å². The third kappa shape index (κ3) is 5.46. The summed E-state index contributed by atoms with van der Waals surface area (Å²) in [6, 6.07) is 27.1. The molecule has 4 aromatic carbocycles. The Bertz CT molecular complexity index is 1560. The Morgan fingerprint density at radius 3 is 1.77 bits per heavy atom. The third-order valence-electron chi connectivity index (χ3n) is 8.24. The Morgan fingerprint density at radius 2 is 1.26 bits per heavy atom. The molecular formula is C35H34O8. The summed E-state index contributed by atoms with van der Waals surface area (Å²) in [5.74, 6) is 0.501. The molecule has 1 N–H and O–H groups in total. The number of cyclic esters (lactones) is 1. The summed E-state index contributed by atoms with van der Waals surface area (Å²) in [5, 5.41) is 11.6. The molecule has 2 aliphatic rings. The van der Waals surface area contributed by atoms with Gasteiger partial charge in [0.1, 0.15) is 13.2 Å². The summed E-state index contributed by atoms with van der Waals surface area (Å²) in [6.07, 6.45) is -0.938. The van der Waals surface area contributed by atoms with E-state index < -0.39 is 23.9 Å². The second-order valence-corrected chi connectivity index (χ2v) is 10.7. The van der Waals surface area contributed by atoms with Crippen molar-refractivity contribution in [1.29, 1.82) is 0 Å². The first kappa shape index (κ1) is 28.4. The van der Waals surface area contributed by atoms with Crippen LogP contribution in [0.25, 0.3) is 0 Å². The summed E-state index contributed by atoms with van der Waals surface area (Å²) in [5.41, 5.74) is 4.17. The van der Waals surface area contributed by atoms with Gasteiger partial charge in [-0.15, -0.1) is 0 Å². The van der Waals surface area contributed by atoms with E-state index >= 15 is 0 Å². The second kappa shape index (κ2) is 12.3. The van der Waals surface area contributed by atoms with Crippen LogP contribution in [0, 0.1) is 11.8 Å². The Labute approximate surface area is 250 Å². The van der Waals surface area contributed by atoms with Crippen LogP contribution in [-0.4, -0.2) is 39.0 Å². The van der Waals surface area contributed by atoms with Gasteiger partial charge in [-0.05, 0) is 52.1 Å². The van der Waals surface area contributed by atoms with E-state index in [9.17, 15) is 9.90 Å². The minimum atomic E-state index is -0.938. The van der Waals surface area contributed by atoms with E-state index in [0.717, 1.165) is 22.3 Å². The highest BCUT2D eigenvalue weighted by molar-refractivity contribution is 5.79. The topological polar surface area (TPSA) is 92.7 Å². The molecule has 0 spiro atoms. The van der Waals surface area contributed by atoms with Gasteiger partial charge < -0.3 is 33.5 Å². The predicted octanol–water partition coefficient (Wildman–Crippen LogP) is 5.84. The lowest BCUT2D eigenvalue weighted by molar-refractivity contribution is -0.141. The largest absolute Gasteiger partial charge is 0.493 e. The number of ether oxygens (including phenoxy) is 6. The normalized spacial score (nSPS) is 20.4. The van der Waals surface area contributed by atoms with Crippen LogP contribution in [0.1, 0.15) is 39.8 Å². The molecule has 222 valence electrons. The molecule has 1 aliphatic heterocycles. The SMILES string of the molecule is COc1cc([C@@H]2c3cc(OCc4ccccc4)c(OCc4ccccc4)cc3[C@H](O)[C@H]3COC(=O)[C@H]23)cc(OC)c1OC. The maximum atomic E-state index is 13.2. The maximum absolute atomic E-state index is 13.2. The van der Waals surface area contributed by atoms with Gasteiger partial charge in [0.15, 0.2) is 23.0 Å². The monoisotopic (exact) mass is 582 g/mol. The van der Waals surface area contributed by atoms with Crippen molar-refractivity contribution in [2.75, 3.05) is 27.9 Å². The van der Waals surface area contributed by atoms with E-state index in [1.54, 1.807) is 21.3 Å². The molecule has 8 nitrogen and oxygen atoms in total. The summed E-state index contributed by atoms with van der Waals surface area (Å²) in [6.45, 7) is 0.756. The number of hydrogen-bond acceptors (Lipinski definition) is 8. The Morgan fingerprint density at radius 1 is 0.721 bits per heavy atom. The van der Waals surface area contributed by atoms with Gasteiger partial charge in [-0.3, -0.25) is 4.79 Å². The van der Waals surface area contributed by atoms with Gasteiger partial charge in [0, 0.05) is 11.8 Å². The van der Waals surface area contributed by atoms with Gasteiger partial charge in [-0.2, -0.15) is 0 Å². The van der Waals surface area contributed by atoms with Crippen LogP contribution in [0.2, 0.25) is 0 Å². The van der Waals surface area contributed by atoms with Crippen molar-refractivity contribution in [3.8, 4) is 28.7 Å². The zero-order chi connectivity index (χ0) is 29.9. The Kier molecular flexibility index (Phi) is 8.11. The second-order valence-electron chi connectivity index (χ2n) is 10.7. The number of methoxy groups -OCH3 is 3. The summed E-state index contributed by atoms with van der Waals surface area (Å²) < 4.78 is 35.1. The number of rotatable bonds is 10. The number of carbonyl (C=O) groups is 1. The van der Waals surface area contributed by atoms with E-state index in [1.165, 1.54) is 0 Å². The summed E-state index contributed by atoms with van der Waals surface area (Å²) in [4.78, 5) is 13.2. The van der Waals surface area contributed by atoms with Gasteiger partial charge >= 0.3 is 5.97 Å².